The first-order valence-electron chi connectivity index (χ1n) is 22.5. The van der Waals surface area contributed by atoms with E-state index in [0.29, 0.717) is 0 Å². The number of carboxylic acid groups (broad SMARTS) is 2. The minimum absolute atomic E-state index is 1.12. The van der Waals surface area contributed by atoms with Crippen molar-refractivity contribution in [3.63, 3.8) is 0 Å². The molecular formula is C30H51N3O46S7. The summed E-state index contributed by atoms with van der Waals surface area (Å²) in [5.74, 6) is -4.83. The molecule has 0 aromatic rings. The Bertz CT molecular complexity index is 3190. The van der Waals surface area contributed by atoms with Gasteiger partial charge in [0, 0.05) is 0 Å². The van der Waals surface area contributed by atoms with Crippen LogP contribution in [-0.4, -0.2) is 327 Å². The van der Waals surface area contributed by atoms with Crippen LogP contribution in [0.2, 0.25) is 0 Å². The van der Waals surface area contributed by atoms with E-state index in [4.69, 9.17) is 47.2 Å². The van der Waals surface area contributed by atoms with Gasteiger partial charge in [0.1, 0.15) is 104 Å². The first kappa shape index (κ1) is 74.1. The molecule has 0 radical (unpaired) electrons. The molecule has 20 N–H and O–H groups in total. The smallest absolute Gasteiger partial charge is 0.397 e. The van der Waals surface area contributed by atoms with Crippen LogP contribution >= 0.6 is 0 Å². The standard InChI is InChI=1S/C30H51N3O46S7/c34-1-4-16(12(37)7(26(45)69-4)31-80(46,47)48)72-30-21(79-86(64,65)66)15(40)20(23(77-30)25(43)44)75-28-9(33-82(52,53)54)18(78-85(61,62)63)17(6(71-28)3-68-84(58,59)60)73-29-14(39)13(38)19(22(76-29)24(41)42)74-27-8(32-81(49,50)51)11(36)10(35)5(70-27)2-67-83(55,56)57/h4-23,26-40,45H,1-3H2,(H,41,42)(H,43,44)(H,46,47,48)(H,49,50,51)(H,52,53,54)(H,55,56,57)(H,58,59,60)(H,61,62,63)(H,64,65,66)/t4-,5-,6-,7-,8-,9-,10-,11-,12-,13-,14-,15+,16-,17-,18-,19+,20+,21-,22+,23-,26?,27-,28-,29+,30-/m1/s1. The van der Waals surface area contributed by atoms with Gasteiger partial charge in [-0.15, -0.1) is 0 Å². The minimum atomic E-state index is -6.31. The van der Waals surface area contributed by atoms with E-state index in [9.17, 15) is 147 Å². The lowest BCUT2D eigenvalue weighted by molar-refractivity contribution is -0.372. The fourth-order valence-corrected chi connectivity index (χ4v) is 12.0. The van der Waals surface area contributed by atoms with E-state index in [1.807, 2.05) is 0 Å². The molecule has 5 fully saturated rings. The summed E-state index contributed by atoms with van der Waals surface area (Å²) in [5, 5.41) is 107. The molecule has 1 unspecified atom stereocenters. The van der Waals surface area contributed by atoms with Gasteiger partial charge in [0.05, 0.1) is 19.8 Å². The summed E-state index contributed by atoms with van der Waals surface area (Å²) >= 11 is 0. The van der Waals surface area contributed by atoms with E-state index in [1.54, 1.807) is 0 Å². The SMILES string of the molecule is O=C(O)[C@H]1O[C@H](O[C@H]2[C@H](OS(=O)(=O)O)[C@@H](NS(=O)(=O)O)[C@@H](O[C@H]3[C@H](O)[C@@H](OS(=O)(=O)O)[C@H](O[C@H]4[C@H](O)[C@@H](NS(=O)(=O)O)C(O)O[C@@H]4CO)O[C@H]3C(=O)O)O[C@@H]2COS(=O)(=O)O)[C@H](O)[C@@H](O)[C@@H]1O[C@H]1O[C@H](COS(=O)(=O)O)[C@@H](O)[C@H](O)[C@H]1NS(=O)(=O)O. The third-order valence-corrected chi connectivity index (χ3v) is 15.5. The van der Waals surface area contributed by atoms with Crippen LogP contribution in [0.15, 0.2) is 0 Å². The maximum atomic E-state index is 12.9. The number of aliphatic hydroxyl groups excluding tert-OH is 8. The highest BCUT2D eigenvalue weighted by molar-refractivity contribution is 7.84. The summed E-state index contributed by atoms with van der Waals surface area (Å²) in [7, 11) is -40.7. The van der Waals surface area contributed by atoms with Gasteiger partial charge in [0.25, 0.3) is 0 Å². The van der Waals surface area contributed by atoms with Gasteiger partial charge < -0.3 is 93.7 Å². The maximum absolute atomic E-state index is 12.9. The van der Waals surface area contributed by atoms with Crippen molar-refractivity contribution in [3.8, 4) is 0 Å². The molecule has 86 heavy (non-hydrogen) atoms. The zero-order valence-electron chi connectivity index (χ0n) is 41.4. The van der Waals surface area contributed by atoms with Crippen LogP contribution in [-0.2, 0) is 141 Å². The summed E-state index contributed by atoms with van der Waals surface area (Å²) in [6, 6.07) is -8.17. The van der Waals surface area contributed by atoms with Gasteiger partial charge in [-0.1, -0.05) is 0 Å². The molecule has 49 nitrogen and oxygen atoms in total. The van der Waals surface area contributed by atoms with E-state index in [1.165, 1.54) is 9.44 Å². The van der Waals surface area contributed by atoms with Crippen LogP contribution < -0.4 is 14.2 Å². The molecule has 25 atom stereocenters. The molecule has 5 saturated heterocycles. The predicted octanol–water partition coefficient (Wildman–Crippen LogP) is -14.2. The van der Waals surface area contributed by atoms with Crippen molar-refractivity contribution in [1.29, 1.82) is 0 Å². The first-order valence-corrected chi connectivity index (χ1v) is 32.3. The lowest BCUT2D eigenvalue weighted by atomic mass is 9.94. The molecule has 0 aromatic heterocycles. The molecule has 5 aliphatic heterocycles. The van der Waals surface area contributed by atoms with Crippen molar-refractivity contribution in [2.45, 2.75) is 153 Å². The highest BCUT2D eigenvalue weighted by Crippen LogP contribution is 2.38. The molecule has 0 aliphatic carbocycles. The molecule has 5 heterocycles. The Labute approximate surface area is 480 Å². The lowest BCUT2D eigenvalue weighted by Crippen LogP contribution is -2.71. The number of aliphatic carboxylic acids is 2. The molecule has 56 heteroatoms. The van der Waals surface area contributed by atoms with E-state index >= 15 is 0 Å². The van der Waals surface area contributed by atoms with Crippen molar-refractivity contribution in [1.82, 2.24) is 14.2 Å². The van der Waals surface area contributed by atoms with E-state index in [0.717, 1.165) is 4.72 Å². The fraction of sp³-hybridized carbons (Fsp3) is 0.933. The van der Waals surface area contributed by atoms with Gasteiger partial charge in [-0.25, -0.2) is 26.3 Å². The van der Waals surface area contributed by atoms with Crippen LogP contribution in [0, 0.1) is 0 Å². The maximum Gasteiger partial charge on any atom is 0.397 e. The van der Waals surface area contributed by atoms with Crippen molar-refractivity contribution in [2.75, 3.05) is 19.8 Å². The minimum Gasteiger partial charge on any atom is -0.479 e. The summed E-state index contributed by atoms with van der Waals surface area (Å²) in [6.45, 7) is -4.82. The average Bonchev–Trinajstić information content (AvgIpc) is 0.822. The molecule has 0 amide bonds. The molecule has 0 aromatic carbocycles. The molecule has 0 bridgehead atoms. The van der Waals surface area contributed by atoms with Crippen molar-refractivity contribution in [3.05, 3.63) is 0 Å². The quantitative estimate of drug-likeness (QED) is 0.0340. The van der Waals surface area contributed by atoms with Crippen LogP contribution in [0.5, 0.6) is 0 Å². The van der Waals surface area contributed by atoms with Crippen molar-refractivity contribution < 1.29 is 211 Å². The second kappa shape index (κ2) is 28.1. The Morgan fingerprint density at radius 1 is 0.372 bits per heavy atom. The highest BCUT2D eigenvalue weighted by atomic mass is 32.3. The number of nitrogens with one attached hydrogen (secondary N) is 3. The molecule has 5 rings (SSSR count). The molecule has 0 spiro atoms. The van der Waals surface area contributed by atoms with Crippen LogP contribution in [0.25, 0.3) is 0 Å². The van der Waals surface area contributed by atoms with Crippen molar-refractivity contribution in [2.24, 2.45) is 0 Å². The number of aliphatic hydroxyl groups is 8. The second-order valence-electron chi connectivity index (χ2n) is 18.0. The number of carboxylic acids is 2. The molecule has 5 aliphatic rings. The topological polar surface area (TPSA) is 773 Å². The Kier molecular flexibility index (Phi) is 24.2. The fourth-order valence-electron chi connectivity index (χ4n) is 8.66. The largest absolute Gasteiger partial charge is 0.479 e. The number of hydrogen-bond donors (Lipinski definition) is 20. The summed E-state index contributed by atoms with van der Waals surface area (Å²) in [5.41, 5.74) is 0. The van der Waals surface area contributed by atoms with Crippen molar-refractivity contribution >= 4 is 84.4 Å². The van der Waals surface area contributed by atoms with Gasteiger partial charge in [0.2, 0.25) is 0 Å². The second-order valence-corrected chi connectivity index (χ2v) is 25.8. The number of carbonyl (C=O) groups is 2. The summed E-state index contributed by atoms with van der Waals surface area (Å²) < 4.78 is 303. The number of hydrogen-bond acceptors (Lipinski definition) is 37. The van der Waals surface area contributed by atoms with E-state index < -0.39 is 258 Å². The molecule has 504 valence electrons. The number of rotatable bonds is 27. The van der Waals surface area contributed by atoms with Gasteiger partial charge in [-0.05, 0) is 0 Å². The van der Waals surface area contributed by atoms with Gasteiger partial charge in [-0.3, -0.25) is 31.9 Å². The Hall–Kier alpha value is -2.65. The normalized spacial score (nSPS) is 40.0. The predicted molar refractivity (Wildman–Crippen MR) is 247 cm³/mol. The summed E-state index contributed by atoms with van der Waals surface area (Å²) in [6.07, 6.45) is -62.5. The van der Waals surface area contributed by atoms with Gasteiger partial charge in [-0.2, -0.15) is 73.1 Å². The zero-order valence-corrected chi connectivity index (χ0v) is 47.1. The third-order valence-electron chi connectivity index (χ3n) is 12.0. The monoisotopic (exact) mass is 1410 g/mol. The van der Waals surface area contributed by atoms with Gasteiger partial charge >= 0.3 is 84.4 Å². The molecule has 0 saturated carbocycles. The Morgan fingerprint density at radius 2 is 0.779 bits per heavy atom. The lowest BCUT2D eigenvalue weighted by Gasteiger charge is -2.50. The van der Waals surface area contributed by atoms with Crippen LogP contribution in [0.4, 0.5) is 0 Å². The van der Waals surface area contributed by atoms with Gasteiger partial charge in [0.15, 0.2) is 49.8 Å². The zero-order chi connectivity index (χ0) is 65.5. The summed E-state index contributed by atoms with van der Waals surface area (Å²) in [4.78, 5) is 25.6. The Balaban J connectivity index is 1.58. The van der Waals surface area contributed by atoms with Crippen LogP contribution in [0.3, 0.4) is 0 Å². The van der Waals surface area contributed by atoms with E-state index in [-0.39, 0.29) is 0 Å². The van der Waals surface area contributed by atoms with Crippen LogP contribution in [0.1, 0.15) is 0 Å². The first-order chi connectivity index (χ1) is 39.0. The third kappa shape index (κ3) is 20.4. The van der Waals surface area contributed by atoms with E-state index in [2.05, 4.69) is 16.7 Å². The number of ether oxygens (including phenoxy) is 9. The average molecular weight is 1410 g/mol. The molecular weight excluding hydrogens is 1360 g/mol. The Morgan fingerprint density at radius 3 is 1.24 bits per heavy atom. The highest BCUT2D eigenvalue weighted by Gasteiger charge is 2.61.